The fourth-order valence-electron chi connectivity index (χ4n) is 1.83. The minimum atomic E-state index is -0.0918. The maximum atomic E-state index is 6.44. The molecule has 0 spiro atoms. The van der Waals surface area contributed by atoms with E-state index < -0.39 is 0 Å². The molecule has 0 aliphatic heterocycles. The summed E-state index contributed by atoms with van der Waals surface area (Å²) in [6.45, 7) is 2.06. The van der Waals surface area contributed by atoms with Gasteiger partial charge in [0.15, 0.2) is 0 Å². The number of methoxy groups -OCH3 is 1. The largest absolute Gasteiger partial charge is 0.481 e. The van der Waals surface area contributed by atoms with Gasteiger partial charge in [0.1, 0.15) is 6.33 Å². The summed E-state index contributed by atoms with van der Waals surface area (Å²) in [4.78, 5) is 8.19. The number of ether oxygens (including phenoxy) is 1. The van der Waals surface area contributed by atoms with Gasteiger partial charge >= 0.3 is 0 Å². The first-order valence-corrected chi connectivity index (χ1v) is 6.19. The molecule has 0 fully saturated rings. The van der Waals surface area contributed by atoms with Gasteiger partial charge < -0.3 is 4.74 Å². The van der Waals surface area contributed by atoms with E-state index in [1.165, 1.54) is 11.9 Å². The van der Waals surface area contributed by atoms with Crippen molar-refractivity contribution in [3.8, 4) is 5.88 Å². The third kappa shape index (κ3) is 2.99. The molecule has 1 unspecified atom stereocenters. The van der Waals surface area contributed by atoms with Gasteiger partial charge in [-0.3, -0.25) is 0 Å². The Kier molecular flexibility index (Phi) is 4.15. The number of hydrogen-bond acceptors (Lipinski definition) is 3. The summed E-state index contributed by atoms with van der Waals surface area (Å²) in [5.74, 6) is 0.564. The zero-order chi connectivity index (χ0) is 13.0. The fraction of sp³-hybridized carbons (Fsp3) is 0.286. The van der Waals surface area contributed by atoms with Gasteiger partial charge in [0.25, 0.3) is 0 Å². The van der Waals surface area contributed by atoms with E-state index in [0.717, 1.165) is 11.3 Å². The minimum absolute atomic E-state index is 0.0918. The van der Waals surface area contributed by atoms with Crippen molar-refractivity contribution in [2.24, 2.45) is 0 Å². The second-order valence-corrected chi connectivity index (χ2v) is 4.61. The maximum Gasteiger partial charge on any atom is 0.216 e. The molecule has 3 nitrogen and oxygen atoms in total. The number of aryl methyl sites for hydroxylation is 1. The van der Waals surface area contributed by atoms with Crippen molar-refractivity contribution in [1.82, 2.24) is 9.97 Å². The van der Waals surface area contributed by atoms with E-state index in [-0.39, 0.29) is 5.38 Å². The van der Waals surface area contributed by atoms with Crippen LogP contribution in [0.1, 0.15) is 22.2 Å². The van der Waals surface area contributed by atoms with Gasteiger partial charge in [-0.25, -0.2) is 9.97 Å². The van der Waals surface area contributed by atoms with Crippen LogP contribution in [0.25, 0.3) is 0 Å². The molecule has 4 heteroatoms. The molecule has 1 aromatic heterocycles. The SMILES string of the molecule is COc1cc(CC(Cl)c2ccccc2C)ncn1. The van der Waals surface area contributed by atoms with Crippen LogP contribution in [-0.4, -0.2) is 17.1 Å². The van der Waals surface area contributed by atoms with Gasteiger partial charge in [-0.2, -0.15) is 0 Å². The Bertz CT molecular complexity index is 531. The van der Waals surface area contributed by atoms with E-state index in [4.69, 9.17) is 16.3 Å². The molecule has 0 N–H and O–H groups in total. The molecule has 1 heterocycles. The predicted molar refractivity (Wildman–Crippen MR) is 72.1 cm³/mol. The lowest BCUT2D eigenvalue weighted by molar-refractivity contribution is 0.396. The van der Waals surface area contributed by atoms with Crippen LogP contribution in [0.5, 0.6) is 5.88 Å². The van der Waals surface area contributed by atoms with E-state index in [2.05, 4.69) is 23.0 Å². The first-order chi connectivity index (χ1) is 8.70. The summed E-state index contributed by atoms with van der Waals surface area (Å²) in [5.41, 5.74) is 3.21. The Morgan fingerprint density at radius 2 is 2.06 bits per heavy atom. The maximum absolute atomic E-state index is 6.44. The molecular weight excluding hydrogens is 248 g/mol. The highest BCUT2D eigenvalue weighted by atomic mass is 35.5. The fourth-order valence-corrected chi connectivity index (χ4v) is 2.24. The zero-order valence-electron chi connectivity index (χ0n) is 10.4. The van der Waals surface area contributed by atoms with Crippen LogP contribution in [0, 0.1) is 6.92 Å². The normalized spacial score (nSPS) is 12.2. The molecule has 2 rings (SSSR count). The highest BCUT2D eigenvalue weighted by molar-refractivity contribution is 6.21. The Labute approximate surface area is 112 Å². The number of hydrogen-bond donors (Lipinski definition) is 0. The summed E-state index contributed by atoms with van der Waals surface area (Å²) < 4.78 is 5.07. The number of rotatable bonds is 4. The predicted octanol–water partition coefficient (Wildman–Crippen LogP) is 3.32. The Balaban J connectivity index is 2.16. The van der Waals surface area contributed by atoms with Crippen LogP contribution in [-0.2, 0) is 6.42 Å². The molecular formula is C14H15ClN2O. The molecule has 0 saturated carbocycles. The Morgan fingerprint density at radius 3 is 2.78 bits per heavy atom. The summed E-state index contributed by atoms with van der Waals surface area (Å²) in [6, 6.07) is 9.93. The van der Waals surface area contributed by atoms with Crippen molar-refractivity contribution in [2.75, 3.05) is 7.11 Å². The lowest BCUT2D eigenvalue weighted by atomic mass is 10.0. The molecule has 0 amide bonds. The molecule has 0 radical (unpaired) electrons. The van der Waals surface area contributed by atoms with Gasteiger partial charge in [-0.15, -0.1) is 11.6 Å². The standard InChI is InChI=1S/C14H15ClN2O/c1-10-5-3-4-6-12(10)13(15)7-11-8-14(18-2)17-9-16-11/h3-6,8-9,13H,7H2,1-2H3. The number of halogens is 1. The molecule has 0 bridgehead atoms. The average Bonchev–Trinajstić information content (AvgIpc) is 2.39. The summed E-state index contributed by atoms with van der Waals surface area (Å²) in [7, 11) is 1.59. The minimum Gasteiger partial charge on any atom is -0.481 e. The molecule has 94 valence electrons. The van der Waals surface area contributed by atoms with Gasteiger partial charge in [-0.05, 0) is 18.1 Å². The molecule has 1 atom stereocenters. The van der Waals surface area contributed by atoms with Crippen LogP contribution >= 0.6 is 11.6 Å². The number of alkyl halides is 1. The van der Waals surface area contributed by atoms with E-state index in [1.807, 2.05) is 24.3 Å². The smallest absolute Gasteiger partial charge is 0.216 e. The third-order valence-corrected chi connectivity index (χ3v) is 3.21. The van der Waals surface area contributed by atoms with E-state index in [0.29, 0.717) is 12.3 Å². The Morgan fingerprint density at radius 1 is 1.28 bits per heavy atom. The zero-order valence-corrected chi connectivity index (χ0v) is 11.2. The van der Waals surface area contributed by atoms with Crippen molar-refractivity contribution in [2.45, 2.75) is 18.7 Å². The first-order valence-electron chi connectivity index (χ1n) is 5.75. The van der Waals surface area contributed by atoms with Crippen molar-refractivity contribution >= 4 is 11.6 Å². The van der Waals surface area contributed by atoms with Crippen LogP contribution in [0.2, 0.25) is 0 Å². The quantitative estimate of drug-likeness (QED) is 0.793. The van der Waals surface area contributed by atoms with Crippen molar-refractivity contribution < 1.29 is 4.74 Å². The van der Waals surface area contributed by atoms with Gasteiger partial charge in [0.05, 0.1) is 12.5 Å². The summed E-state index contributed by atoms with van der Waals surface area (Å²) in [6.07, 6.45) is 2.15. The van der Waals surface area contributed by atoms with Crippen molar-refractivity contribution in [3.63, 3.8) is 0 Å². The van der Waals surface area contributed by atoms with Gasteiger partial charge in [0.2, 0.25) is 5.88 Å². The van der Waals surface area contributed by atoms with Gasteiger partial charge in [-0.1, -0.05) is 24.3 Å². The first kappa shape index (κ1) is 12.8. The average molecular weight is 263 g/mol. The molecule has 18 heavy (non-hydrogen) atoms. The van der Waals surface area contributed by atoms with Gasteiger partial charge in [0, 0.05) is 18.2 Å². The van der Waals surface area contributed by atoms with Crippen molar-refractivity contribution in [1.29, 1.82) is 0 Å². The molecule has 0 aliphatic rings. The second-order valence-electron chi connectivity index (χ2n) is 4.08. The van der Waals surface area contributed by atoms with E-state index in [1.54, 1.807) is 7.11 Å². The Hall–Kier alpha value is -1.61. The van der Waals surface area contributed by atoms with Crippen LogP contribution in [0.3, 0.4) is 0 Å². The summed E-state index contributed by atoms with van der Waals surface area (Å²) >= 11 is 6.44. The lowest BCUT2D eigenvalue weighted by Gasteiger charge is -2.12. The highest BCUT2D eigenvalue weighted by Crippen LogP contribution is 2.27. The van der Waals surface area contributed by atoms with Crippen LogP contribution in [0.15, 0.2) is 36.7 Å². The lowest BCUT2D eigenvalue weighted by Crippen LogP contribution is -2.01. The monoisotopic (exact) mass is 262 g/mol. The number of benzene rings is 1. The highest BCUT2D eigenvalue weighted by Gasteiger charge is 2.12. The summed E-state index contributed by atoms with van der Waals surface area (Å²) in [5, 5.41) is -0.0918. The topological polar surface area (TPSA) is 35.0 Å². The molecule has 1 aromatic carbocycles. The molecule has 2 aromatic rings. The van der Waals surface area contributed by atoms with E-state index >= 15 is 0 Å². The third-order valence-electron chi connectivity index (χ3n) is 2.82. The second kappa shape index (κ2) is 5.83. The molecule has 0 saturated heterocycles. The number of aromatic nitrogens is 2. The van der Waals surface area contributed by atoms with Crippen LogP contribution in [0.4, 0.5) is 0 Å². The molecule has 0 aliphatic carbocycles. The van der Waals surface area contributed by atoms with E-state index in [9.17, 15) is 0 Å². The van der Waals surface area contributed by atoms with Crippen LogP contribution < -0.4 is 4.74 Å². The van der Waals surface area contributed by atoms with Crippen molar-refractivity contribution in [3.05, 3.63) is 53.5 Å². The number of nitrogens with zero attached hydrogens (tertiary/aromatic N) is 2.